The van der Waals surface area contributed by atoms with Gasteiger partial charge >= 0.3 is 33.6 Å². The standard InChI is InChI=1S/C81H142O16P2/c1-4-7-10-13-16-19-22-24-26-28-30-31-32-33-34-35-36-37-38-39-40-41-42-43-45-47-48-50-53-55-58-61-64-67-79(84)91-70-76(82)71-93-98(87,88)94-72-77(83)73-95-99(89,90)96-75-78(97-81(86)69-66-63-60-57-52-21-18-15-12-9-6-3)74-92-80(85)68-65-62-59-56-54-51-49-46-44-29-27-25-23-20-17-14-11-8-5-2/h7,10,15-20,24-27,30-31,33-34,44,46,76-78,82-83H,4-6,8-9,11-14,21-23,28-29,32,35-43,45,47-75H2,1-3H3,(H,87,88)(H,89,90)/b10-7-,18-15-,19-16-,20-17-,26-24-,27-25-,31-30-,34-33-,46-44-. The number of ether oxygens (including phenoxy) is 3. The highest BCUT2D eigenvalue weighted by molar-refractivity contribution is 7.47. The monoisotopic (exact) mass is 1430 g/mol. The number of hydrogen-bond acceptors (Lipinski definition) is 14. The van der Waals surface area contributed by atoms with E-state index in [9.17, 15) is 43.5 Å². The Morgan fingerprint density at radius 1 is 0.293 bits per heavy atom. The summed E-state index contributed by atoms with van der Waals surface area (Å²) in [5.41, 5.74) is 0. The van der Waals surface area contributed by atoms with Crippen LogP contribution < -0.4 is 0 Å². The van der Waals surface area contributed by atoms with Gasteiger partial charge in [0.1, 0.15) is 25.4 Å². The van der Waals surface area contributed by atoms with E-state index in [1.165, 1.54) is 122 Å². The maximum atomic E-state index is 12.9. The molecule has 16 nitrogen and oxygen atoms in total. The second kappa shape index (κ2) is 73.9. The van der Waals surface area contributed by atoms with Crippen LogP contribution in [-0.2, 0) is 55.8 Å². The van der Waals surface area contributed by atoms with E-state index in [-0.39, 0.29) is 19.3 Å². The zero-order valence-electron chi connectivity index (χ0n) is 62.4. The summed E-state index contributed by atoms with van der Waals surface area (Å²) >= 11 is 0. The third-order valence-electron chi connectivity index (χ3n) is 16.5. The molecule has 0 rings (SSSR count). The van der Waals surface area contributed by atoms with Crippen LogP contribution in [0.2, 0.25) is 0 Å². The van der Waals surface area contributed by atoms with Crippen molar-refractivity contribution in [2.24, 2.45) is 0 Å². The van der Waals surface area contributed by atoms with E-state index in [1.54, 1.807) is 0 Å². The summed E-state index contributed by atoms with van der Waals surface area (Å²) in [7, 11) is -9.78. The van der Waals surface area contributed by atoms with E-state index in [0.29, 0.717) is 19.3 Å². The van der Waals surface area contributed by atoms with Gasteiger partial charge in [0.05, 0.1) is 26.4 Å². The van der Waals surface area contributed by atoms with Crippen molar-refractivity contribution in [3.05, 3.63) is 109 Å². The molecule has 4 N–H and O–H groups in total. The average Bonchev–Trinajstić information content (AvgIpc) is 1.28. The lowest BCUT2D eigenvalue weighted by molar-refractivity contribution is -0.161. The summed E-state index contributed by atoms with van der Waals surface area (Å²) in [6.45, 7) is 2.49. The number of phosphoric acid groups is 2. The number of esters is 3. The molecule has 99 heavy (non-hydrogen) atoms. The molecule has 0 aliphatic heterocycles. The smallest absolute Gasteiger partial charge is 0.463 e. The van der Waals surface area contributed by atoms with Gasteiger partial charge in [-0.3, -0.25) is 32.5 Å². The molecule has 0 bridgehead atoms. The molecule has 572 valence electrons. The molecule has 0 aromatic rings. The Balaban J connectivity index is 4.35. The van der Waals surface area contributed by atoms with Crippen LogP contribution >= 0.6 is 15.6 Å². The van der Waals surface area contributed by atoms with Gasteiger partial charge < -0.3 is 34.2 Å². The van der Waals surface area contributed by atoms with E-state index >= 15 is 0 Å². The first-order chi connectivity index (χ1) is 48.2. The van der Waals surface area contributed by atoms with E-state index in [1.807, 2.05) is 0 Å². The third kappa shape index (κ3) is 75.2. The van der Waals surface area contributed by atoms with Gasteiger partial charge in [-0.1, -0.05) is 297 Å². The van der Waals surface area contributed by atoms with Crippen molar-refractivity contribution in [2.45, 2.75) is 347 Å². The highest BCUT2D eigenvalue weighted by Crippen LogP contribution is 2.45. The molecule has 0 saturated carbocycles. The number of allylic oxidation sites excluding steroid dienone is 18. The second-order valence-corrected chi connectivity index (χ2v) is 29.0. The number of rotatable bonds is 74. The van der Waals surface area contributed by atoms with Crippen molar-refractivity contribution in [1.82, 2.24) is 0 Å². The predicted molar refractivity (Wildman–Crippen MR) is 408 cm³/mol. The average molecular weight is 1430 g/mol. The summed E-state index contributed by atoms with van der Waals surface area (Å²) < 4.78 is 61.0. The van der Waals surface area contributed by atoms with Crippen LogP contribution in [0.25, 0.3) is 0 Å². The topological polar surface area (TPSA) is 231 Å². The molecule has 0 aromatic heterocycles. The van der Waals surface area contributed by atoms with Crippen LogP contribution in [0.1, 0.15) is 329 Å². The maximum absolute atomic E-state index is 12.9. The zero-order chi connectivity index (χ0) is 72.3. The van der Waals surface area contributed by atoms with Gasteiger partial charge in [-0.25, -0.2) is 9.13 Å². The van der Waals surface area contributed by atoms with Gasteiger partial charge in [0, 0.05) is 19.3 Å². The normalized spacial score (nSPS) is 14.6. The lowest BCUT2D eigenvalue weighted by atomic mass is 10.0. The van der Waals surface area contributed by atoms with Gasteiger partial charge in [0.25, 0.3) is 0 Å². The number of unbranched alkanes of at least 4 members (excludes halogenated alkanes) is 33. The largest absolute Gasteiger partial charge is 0.472 e. The molecule has 0 radical (unpaired) electrons. The summed E-state index contributed by atoms with van der Waals surface area (Å²) in [6.07, 6.45) is 85.9. The van der Waals surface area contributed by atoms with Crippen LogP contribution in [0.3, 0.4) is 0 Å². The molecule has 0 spiro atoms. The minimum Gasteiger partial charge on any atom is -0.463 e. The molecular formula is C81H142O16P2. The number of carbonyl (C=O) groups excluding carboxylic acids is 3. The van der Waals surface area contributed by atoms with Gasteiger partial charge in [-0.05, 0) is 122 Å². The predicted octanol–water partition coefficient (Wildman–Crippen LogP) is 22.8. The number of hydrogen-bond donors (Lipinski definition) is 4. The van der Waals surface area contributed by atoms with Gasteiger partial charge in [-0.2, -0.15) is 0 Å². The molecule has 0 aliphatic carbocycles. The Morgan fingerprint density at radius 3 is 0.889 bits per heavy atom. The minimum absolute atomic E-state index is 0.0913. The van der Waals surface area contributed by atoms with Crippen molar-refractivity contribution >= 4 is 33.6 Å². The lowest BCUT2D eigenvalue weighted by Crippen LogP contribution is -2.30. The molecule has 18 heteroatoms. The molecular weight excluding hydrogens is 1290 g/mol. The fourth-order valence-electron chi connectivity index (χ4n) is 10.5. The Labute approximate surface area is 602 Å². The summed E-state index contributed by atoms with van der Waals surface area (Å²) in [6, 6.07) is 0. The van der Waals surface area contributed by atoms with Crippen LogP contribution in [0.5, 0.6) is 0 Å². The molecule has 0 aromatic carbocycles. The first kappa shape index (κ1) is 95.2. The molecule has 0 saturated heterocycles. The van der Waals surface area contributed by atoms with Gasteiger partial charge in [0.2, 0.25) is 0 Å². The summed E-state index contributed by atoms with van der Waals surface area (Å²) in [5.74, 6) is -1.59. The molecule has 5 atom stereocenters. The molecule has 0 amide bonds. The Morgan fingerprint density at radius 2 is 0.545 bits per heavy atom. The van der Waals surface area contributed by atoms with Crippen molar-refractivity contribution in [2.75, 3.05) is 39.6 Å². The van der Waals surface area contributed by atoms with Gasteiger partial charge in [0.15, 0.2) is 6.10 Å². The zero-order valence-corrected chi connectivity index (χ0v) is 64.2. The summed E-state index contributed by atoms with van der Waals surface area (Å²) in [4.78, 5) is 58.5. The Hall–Kier alpha value is -3.79. The van der Waals surface area contributed by atoms with E-state index in [0.717, 1.165) is 148 Å². The van der Waals surface area contributed by atoms with Crippen molar-refractivity contribution in [3.8, 4) is 0 Å². The Kier molecular flexibility index (Phi) is 71.1. The van der Waals surface area contributed by atoms with E-state index < -0.39 is 91.5 Å². The van der Waals surface area contributed by atoms with Crippen LogP contribution in [-0.4, -0.2) is 95.9 Å². The van der Waals surface area contributed by atoms with Crippen LogP contribution in [0, 0.1) is 0 Å². The fourth-order valence-corrected chi connectivity index (χ4v) is 12.1. The van der Waals surface area contributed by atoms with Crippen molar-refractivity contribution in [3.63, 3.8) is 0 Å². The van der Waals surface area contributed by atoms with Crippen molar-refractivity contribution in [1.29, 1.82) is 0 Å². The van der Waals surface area contributed by atoms with Crippen molar-refractivity contribution < 1.29 is 75.8 Å². The van der Waals surface area contributed by atoms with E-state index in [4.69, 9.17) is 32.3 Å². The lowest BCUT2D eigenvalue weighted by Gasteiger charge is -2.21. The molecule has 0 aliphatic rings. The number of aliphatic hydroxyl groups is 2. The maximum Gasteiger partial charge on any atom is 0.472 e. The number of aliphatic hydroxyl groups excluding tert-OH is 2. The quantitative estimate of drug-likeness (QED) is 0.0146. The Bertz CT molecular complexity index is 2240. The molecule has 5 unspecified atom stereocenters. The highest BCUT2D eigenvalue weighted by atomic mass is 31.2. The summed E-state index contributed by atoms with van der Waals surface area (Å²) in [5, 5.41) is 20.6. The third-order valence-corrected chi connectivity index (χ3v) is 18.4. The van der Waals surface area contributed by atoms with Crippen LogP contribution in [0.15, 0.2) is 109 Å². The van der Waals surface area contributed by atoms with Gasteiger partial charge in [-0.15, -0.1) is 0 Å². The molecule has 0 fully saturated rings. The first-order valence-electron chi connectivity index (χ1n) is 39.2. The molecule has 0 heterocycles. The van der Waals surface area contributed by atoms with E-state index in [2.05, 4.69) is 130 Å². The minimum atomic E-state index is -4.93. The first-order valence-corrected chi connectivity index (χ1v) is 42.2. The highest BCUT2D eigenvalue weighted by Gasteiger charge is 2.29. The van der Waals surface area contributed by atoms with Crippen LogP contribution in [0.4, 0.5) is 0 Å². The number of carbonyl (C=O) groups is 3. The second-order valence-electron chi connectivity index (χ2n) is 26.1. The fraction of sp³-hybridized carbons (Fsp3) is 0.741. The number of phosphoric ester groups is 2. The SMILES string of the molecule is CC/C=C\C/C=C\C/C=C\C/C=C\C/C=C\CCCCCCCCCCCCCCCCCCCC(=O)OCC(O)COP(=O)(O)OCC(O)COP(=O)(O)OCC(COC(=O)CCCCCCCC/C=C\C/C=C\C/C=C\CCCCC)OC(=O)CCCCCCC/C=C\CCCC.